The summed E-state index contributed by atoms with van der Waals surface area (Å²) in [5.41, 5.74) is 8.45. The highest BCUT2D eigenvalue weighted by Crippen LogP contribution is 2.63. The van der Waals surface area contributed by atoms with Crippen molar-refractivity contribution < 1.29 is 0 Å². The summed E-state index contributed by atoms with van der Waals surface area (Å²) in [7, 11) is 0. The first-order valence-electron chi connectivity index (χ1n) is 5.76. The van der Waals surface area contributed by atoms with E-state index in [1.165, 1.54) is 0 Å². The van der Waals surface area contributed by atoms with Gasteiger partial charge in [0, 0.05) is 12.2 Å². The molecule has 1 heterocycles. The lowest BCUT2D eigenvalue weighted by Gasteiger charge is -2.11. The first kappa shape index (κ1) is 11.2. The molecule has 1 aromatic heterocycles. The lowest BCUT2D eigenvalue weighted by atomic mass is 10.0. The zero-order valence-corrected chi connectivity index (χ0v) is 10.8. The topological polar surface area (TPSA) is 50.9 Å². The number of anilines is 2. The van der Waals surface area contributed by atoms with E-state index in [-0.39, 0.29) is 0 Å². The molecule has 3 nitrogen and oxygen atoms in total. The molecule has 2 rings (SSSR count). The Hall–Kier alpha value is -1.25. The van der Waals surface area contributed by atoms with Gasteiger partial charge < -0.3 is 11.1 Å². The Morgan fingerprint density at radius 1 is 1.25 bits per heavy atom. The molecule has 1 fully saturated rings. The van der Waals surface area contributed by atoms with Gasteiger partial charge in [-0.2, -0.15) is 0 Å². The van der Waals surface area contributed by atoms with Crippen molar-refractivity contribution in [2.45, 2.75) is 40.7 Å². The number of pyridine rings is 1. The number of rotatable bonds is 2. The van der Waals surface area contributed by atoms with Crippen LogP contribution in [0.25, 0.3) is 0 Å². The van der Waals surface area contributed by atoms with Gasteiger partial charge in [0.05, 0.1) is 5.69 Å². The molecule has 1 aromatic rings. The molecular weight excluding hydrogens is 198 g/mol. The maximum absolute atomic E-state index is 6.01. The van der Waals surface area contributed by atoms with Crippen molar-refractivity contribution in [3.05, 3.63) is 17.8 Å². The first-order valence-corrected chi connectivity index (χ1v) is 5.76. The molecule has 0 bridgehead atoms. The maximum Gasteiger partial charge on any atom is 0.149 e. The second kappa shape index (κ2) is 3.12. The standard InChI is InChI=1S/C13H21N3/c1-8-6-7-15-10(9(8)14)16-11-12(2,3)13(11,4)5/h6-7,11H,14H2,1-5H3,(H,15,16). The average Bonchev–Trinajstić information content (AvgIpc) is 2.55. The molecule has 88 valence electrons. The highest BCUT2D eigenvalue weighted by Gasteiger charge is 2.65. The van der Waals surface area contributed by atoms with Crippen LogP contribution in [0.3, 0.4) is 0 Å². The molecule has 3 heteroatoms. The Kier molecular flexibility index (Phi) is 2.19. The molecule has 0 radical (unpaired) electrons. The van der Waals surface area contributed by atoms with E-state index in [0.29, 0.717) is 16.9 Å². The number of hydrogen-bond acceptors (Lipinski definition) is 3. The summed E-state index contributed by atoms with van der Waals surface area (Å²) >= 11 is 0. The quantitative estimate of drug-likeness (QED) is 0.804. The number of hydrogen-bond donors (Lipinski definition) is 2. The average molecular weight is 219 g/mol. The maximum atomic E-state index is 6.01. The molecule has 0 amide bonds. The van der Waals surface area contributed by atoms with Crippen molar-refractivity contribution in [1.82, 2.24) is 4.98 Å². The van der Waals surface area contributed by atoms with Crippen LogP contribution in [-0.4, -0.2) is 11.0 Å². The SMILES string of the molecule is Cc1ccnc(NC2C(C)(C)C2(C)C)c1N. The highest BCUT2D eigenvalue weighted by atomic mass is 15.1. The highest BCUT2D eigenvalue weighted by molar-refractivity contribution is 5.66. The molecule has 1 aliphatic carbocycles. The fourth-order valence-corrected chi connectivity index (χ4v) is 2.38. The van der Waals surface area contributed by atoms with Crippen LogP contribution in [0.1, 0.15) is 33.3 Å². The van der Waals surface area contributed by atoms with Crippen LogP contribution in [0.2, 0.25) is 0 Å². The van der Waals surface area contributed by atoms with Gasteiger partial charge in [-0.25, -0.2) is 4.98 Å². The van der Waals surface area contributed by atoms with Gasteiger partial charge >= 0.3 is 0 Å². The lowest BCUT2D eigenvalue weighted by molar-refractivity contribution is 0.457. The van der Waals surface area contributed by atoms with Gasteiger partial charge in [0.15, 0.2) is 0 Å². The predicted molar refractivity (Wildman–Crippen MR) is 68.4 cm³/mol. The minimum Gasteiger partial charge on any atom is -0.396 e. The van der Waals surface area contributed by atoms with E-state index in [1.54, 1.807) is 6.20 Å². The summed E-state index contributed by atoms with van der Waals surface area (Å²) in [5.74, 6) is 0.823. The van der Waals surface area contributed by atoms with E-state index in [0.717, 1.165) is 17.1 Å². The molecule has 3 N–H and O–H groups in total. The Balaban J connectivity index is 2.21. The van der Waals surface area contributed by atoms with Crippen LogP contribution < -0.4 is 11.1 Å². The van der Waals surface area contributed by atoms with Gasteiger partial charge in [0.25, 0.3) is 0 Å². The summed E-state index contributed by atoms with van der Waals surface area (Å²) in [6, 6.07) is 2.38. The summed E-state index contributed by atoms with van der Waals surface area (Å²) in [6.07, 6.45) is 1.80. The minimum atomic E-state index is 0.296. The monoisotopic (exact) mass is 219 g/mol. The zero-order chi connectivity index (χ0) is 12.1. The first-order chi connectivity index (χ1) is 7.28. The fraction of sp³-hybridized carbons (Fsp3) is 0.615. The number of nitrogens with one attached hydrogen (secondary N) is 1. The van der Waals surface area contributed by atoms with E-state index in [9.17, 15) is 0 Å². The van der Waals surface area contributed by atoms with Crippen LogP contribution >= 0.6 is 0 Å². The Bertz CT molecular complexity index is 407. The fourth-order valence-electron chi connectivity index (χ4n) is 2.38. The van der Waals surface area contributed by atoms with Crippen LogP contribution in [0.4, 0.5) is 11.5 Å². The van der Waals surface area contributed by atoms with Crippen molar-refractivity contribution in [2.75, 3.05) is 11.1 Å². The van der Waals surface area contributed by atoms with E-state index < -0.39 is 0 Å². The number of aryl methyl sites for hydroxylation is 1. The summed E-state index contributed by atoms with van der Waals surface area (Å²) in [6.45, 7) is 11.1. The molecule has 1 saturated carbocycles. The van der Waals surface area contributed by atoms with Gasteiger partial charge in [0.1, 0.15) is 5.82 Å². The third-order valence-corrected chi connectivity index (χ3v) is 4.51. The molecule has 0 aromatic carbocycles. The number of nitrogens with zero attached hydrogens (tertiary/aromatic N) is 1. The summed E-state index contributed by atoms with van der Waals surface area (Å²) in [4.78, 5) is 4.31. The van der Waals surface area contributed by atoms with Crippen LogP contribution in [-0.2, 0) is 0 Å². The van der Waals surface area contributed by atoms with Crippen LogP contribution in [0.15, 0.2) is 12.3 Å². The predicted octanol–water partition coefficient (Wildman–Crippen LogP) is 2.82. The number of nitrogen functional groups attached to an aromatic ring is 1. The van der Waals surface area contributed by atoms with E-state index >= 15 is 0 Å². The normalized spacial score (nSPS) is 21.8. The van der Waals surface area contributed by atoms with E-state index in [1.807, 2.05) is 13.0 Å². The zero-order valence-electron chi connectivity index (χ0n) is 10.8. The minimum absolute atomic E-state index is 0.296. The van der Waals surface area contributed by atoms with Crippen molar-refractivity contribution in [3.63, 3.8) is 0 Å². The van der Waals surface area contributed by atoms with Crippen molar-refractivity contribution in [2.24, 2.45) is 10.8 Å². The second-order valence-corrected chi connectivity index (χ2v) is 5.91. The van der Waals surface area contributed by atoms with Gasteiger partial charge in [-0.3, -0.25) is 0 Å². The molecule has 16 heavy (non-hydrogen) atoms. The smallest absolute Gasteiger partial charge is 0.149 e. The van der Waals surface area contributed by atoms with Gasteiger partial charge in [-0.05, 0) is 29.4 Å². The largest absolute Gasteiger partial charge is 0.396 e. The van der Waals surface area contributed by atoms with Crippen molar-refractivity contribution in [3.8, 4) is 0 Å². The molecule has 0 spiro atoms. The molecule has 1 aliphatic rings. The van der Waals surface area contributed by atoms with Gasteiger partial charge in [-0.15, -0.1) is 0 Å². The second-order valence-electron chi connectivity index (χ2n) is 5.91. The molecule has 0 atom stereocenters. The Labute approximate surface area is 97.5 Å². The Morgan fingerprint density at radius 2 is 1.81 bits per heavy atom. The van der Waals surface area contributed by atoms with Crippen molar-refractivity contribution >= 4 is 11.5 Å². The molecule has 0 saturated heterocycles. The van der Waals surface area contributed by atoms with E-state index in [2.05, 4.69) is 38.0 Å². The van der Waals surface area contributed by atoms with Gasteiger partial charge in [-0.1, -0.05) is 27.7 Å². The van der Waals surface area contributed by atoms with Crippen LogP contribution in [0.5, 0.6) is 0 Å². The molecular formula is C13H21N3. The van der Waals surface area contributed by atoms with Gasteiger partial charge in [0.2, 0.25) is 0 Å². The lowest BCUT2D eigenvalue weighted by Crippen LogP contribution is -2.13. The third-order valence-electron chi connectivity index (χ3n) is 4.51. The Morgan fingerprint density at radius 3 is 2.31 bits per heavy atom. The summed E-state index contributed by atoms with van der Waals surface area (Å²) in [5, 5.41) is 3.47. The third kappa shape index (κ3) is 1.38. The van der Waals surface area contributed by atoms with Crippen LogP contribution in [0, 0.1) is 17.8 Å². The van der Waals surface area contributed by atoms with Crippen molar-refractivity contribution in [1.29, 1.82) is 0 Å². The van der Waals surface area contributed by atoms with E-state index in [4.69, 9.17) is 5.73 Å². The number of nitrogens with two attached hydrogens (primary N) is 1. The molecule has 0 aliphatic heterocycles. The molecule has 0 unspecified atom stereocenters. The number of aromatic nitrogens is 1. The summed E-state index contributed by atoms with van der Waals surface area (Å²) < 4.78 is 0.